The van der Waals surface area contributed by atoms with Crippen LogP contribution in [-0.4, -0.2) is 16.5 Å². The van der Waals surface area contributed by atoms with Gasteiger partial charge in [-0.05, 0) is 24.6 Å². The van der Waals surface area contributed by atoms with Crippen LogP contribution in [-0.2, 0) is 6.54 Å². The summed E-state index contributed by atoms with van der Waals surface area (Å²) in [7, 11) is 0. The number of nitrogen functional groups attached to an aromatic ring is 1. The average molecular weight is 278 g/mol. The van der Waals surface area contributed by atoms with Crippen LogP contribution in [0, 0.1) is 0 Å². The van der Waals surface area contributed by atoms with Crippen molar-refractivity contribution in [3.05, 3.63) is 40.9 Å². The number of nitrogens with one attached hydrogen (secondary N) is 2. The monoisotopic (exact) mass is 277 g/mol. The number of rotatable bonds is 5. The summed E-state index contributed by atoms with van der Waals surface area (Å²) < 4.78 is 0. The summed E-state index contributed by atoms with van der Waals surface area (Å²) in [6.07, 6.45) is 0. The molecule has 2 aromatic rings. The molecule has 0 aliphatic rings. The van der Waals surface area contributed by atoms with E-state index >= 15 is 0 Å². The number of benzene rings is 1. The number of hydrogen-bond acceptors (Lipinski definition) is 5. The van der Waals surface area contributed by atoms with Crippen molar-refractivity contribution in [1.82, 2.24) is 9.97 Å². The Kier molecular flexibility index (Phi) is 4.41. The number of halogens is 1. The lowest BCUT2D eigenvalue weighted by Crippen LogP contribution is -2.07. The molecule has 0 bridgehead atoms. The molecule has 0 radical (unpaired) electrons. The quantitative estimate of drug-likeness (QED) is 0.783. The molecule has 6 heteroatoms. The molecule has 0 aliphatic carbocycles. The molecule has 0 unspecified atom stereocenters. The zero-order valence-electron chi connectivity index (χ0n) is 10.7. The highest BCUT2D eigenvalue weighted by Crippen LogP contribution is 2.14. The molecule has 5 nitrogen and oxygen atoms in total. The van der Waals surface area contributed by atoms with Crippen LogP contribution in [0.2, 0.25) is 5.02 Å². The zero-order chi connectivity index (χ0) is 13.7. The fraction of sp³-hybridized carbons (Fsp3) is 0.231. The molecule has 4 N–H and O–H groups in total. The Morgan fingerprint density at radius 3 is 2.37 bits per heavy atom. The molecule has 100 valence electrons. The lowest BCUT2D eigenvalue weighted by atomic mass is 10.2. The second-order valence-electron chi connectivity index (χ2n) is 4.01. The summed E-state index contributed by atoms with van der Waals surface area (Å²) in [5, 5.41) is 7.04. The van der Waals surface area contributed by atoms with Gasteiger partial charge in [0.25, 0.3) is 0 Å². The van der Waals surface area contributed by atoms with E-state index in [4.69, 9.17) is 17.3 Å². The smallest absolute Gasteiger partial charge is 0.223 e. The first-order valence-electron chi connectivity index (χ1n) is 6.04. The van der Waals surface area contributed by atoms with Crippen LogP contribution < -0.4 is 16.4 Å². The Labute approximate surface area is 117 Å². The second-order valence-corrected chi connectivity index (χ2v) is 4.44. The third-order valence-electron chi connectivity index (χ3n) is 2.49. The summed E-state index contributed by atoms with van der Waals surface area (Å²) in [4.78, 5) is 8.23. The van der Waals surface area contributed by atoms with Gasteiger partial charge in [-0.25, -0.2) is 0 Å². The number of hydrogen-bond donors (Lipinski definition) is 3. The maximum absolute atomic E-state index is 5.84. The minimum absolute atomic E-state index is 0.247. The van der Waals surface area contributed by atoms with Gasteiger partial charge in [0, 0.05) is 24.2 Å². The van der Waals surface area contributed by atoms with Gasteiger partial charge in [0.15, 0.2) is 0 Å². The van der Waals surface area contributed by atoms with Gasteiger partial charge in [0.05, 0.1) is 0 Å². The summed E-state index contributed by atoms with van der Waals surface area (Å²) in [5.74, 6) is 1.66. The van der Waals surface area contributed by atoms with Crippen molar-refractivity contribution in [2.24, 2.45) is 0 Å². The molecule has 0 amide bonds. The number of nitrogens with two attached hydrogens (primary N) is 1. The first-order chi connectivity index (χ1) is 9.17. The van der Waals surface area contributed by atoms with Gasteiger partial charge in [0.1, 0.15) is 11.6 Å². The maximum Gasteiger partial charge on any atom is 0.223 e. The van der Waals surface area contributed by atoms with Crippen molar-refractivity contribution in [3.63, 3.8) is 0 Å². The van der Waals surface area contributed by atoms with Gasteiger partial charge < -0.3 is 16.4 Å². The van der Waals surface area contributed by atoms with E-state index in [9.17, 15) is 0 Å². The maximum atomic E-state index is 5.84. The van der Waals surface area contributed by atoms with Crippen molar-refractivity contribution in [2.75, 3.05) is 22.9 Å². The van der Waals surface area contributed by atoms with Gasteiger partial charge >= 0.3 is 0 Å². The van der Waals surface area contributed by atoms with Gasteiger partial charge in [0.2, 0.25) is 5.95 Å². The van der Waals surface area contributed by atoms with E-state index in [0.717, 1.165) is 17.1 Å². The van der Waals surface area contributed by atoms with Crippen molar-refractivity contribution < 1.29 is 0 Å². The summed E-state index contributed by atoms with van der Waals surface area (Å²) in [5.41, 5.74) is 6.78. The molecule has 0 fully saturated rings. The van der Waals surface area contributed by atoms with Crippen LogP contribution in [0.25, 0.3) is 0 Å². The van der Waals surface area contributed by atoms with Crippen molar-refractivity contribution >= 4 is 29.2 Å². The molecule has 1 heterocycles. The molecule has 1 aromatic carbocycles. The van der Waals surface area contributed by atoms with Gasteiger partial charge in [-0.1, -0.05) is 23.7 Å². The lowest BCUT2D eigenvalue weighted by Gasteiger charge is -2.09. The van der Waals surface area contributed by atoms with Gasteiger partial charge in [-0.3, -0.25) is 0 Å². The third-order valence-corrected chi connectivity index (χ3v) is 2.74. The van der Waals surface area contributed by atoms with E-state index in [1.807, 2.05) is 37.3 Å². The number of aromatic nitrogens is 2. The van der Waals surface area contributed by atoms with Gasteiger partial charge in [-0.15, -0.1) is 0 Å². The number of nitrogens with zero attached hydrogens (tertiary/aromatic N) is 2. The van der Waals surface area contributed by atoms with E-state index in [1.165, 1.54) is 0 Å². The SMILES string of the molecule is CCNc1cc(NCc2ccc(Cl)cc2)nc(N)n1. The van der Waals surface area contributed by atoms with E-state index in [2.05, 4.69) is 20.6 Å². The predicted molar refractivity (Wildman–Crippen MR) is 79.4 cm³/mol. The molecular weight excluding hydrogens is 262 g/mol. The summed E-state index contributed by atoms with van der Waals surface area (Å²) in [6, 6.07) is 9.47. The first kappa shape index (κ1) is 13.4. The van der Waals surface area contributed by atoms with E-state index in [1.54, 1.807) is 0 Å². The molecule has 0 saturated heterocycles. The molecule has 1 aromatic heterocycles. The predicted octanol–water partition coefficient (Wildman–Crippen LogP) is 2.76. The van der Waals surface area contributed by atoms with Crippen LogP contribution in [0.15, 0.2) is 30.3 Å². The fourth-order valence-electron chi connectivity index (χ4n) is 1.62. The van der Waals surface area contributed by atoms with Crippen molar-refractivity contribution in [3.8, 4) is 0 Å². The summed E-state index contributed by atoms with van der Waals surface area (Å²) >= 11 is 5.84. The number of anilines is 3. The molecule has 0 saturated carbocycles. The van der Waals surface area contributed by atoms with Crippen molar-refractivity contribution in [2.45, 2.75) is 13.5 Å². The van der Waals surface area contributed by atoms with E-state index < -0.39 is 0 Å². The normalized spacial score (nSPS) is 10.2. The summed E-state index contributed by atoms with van der Waals surface area (Å²) in [6.45, 7) is 3.44. The topological polar surface area (TPSA) is 75.9 Å². The van der Waals surface area contributed by atoms with E-state index in [-0.39, 0.29) is 5.95 Å². The van der Waals surface area contributed by atoms with E-state index in [0.29, 0.717) is 18.2 Å². The Balaban J connectivity index is 2.04. The van der Waals surface area contributed by atoms with Crippen LogP contribution in [0.1, 0.15) is 12.5 Å². The zero-order valence-corrected chi connectivity index (χ0v) is 11.4. The minimum Gasteiger partial charge on any atom is -0.370 e. The Hall–Kier alpha value is -2.01. The van der Waals surface area contributed by atoms with Crippen LogP contribution >= 0.6 is 11.6 Å². The Bertz CT molecular complexity index is 541. The van der Waals surface area contributed by atoms with Crippen LogP contribution in [0.5, 0.6) is 0 Å². The molecule has 0 atom stereocenters. The highest BCUT2D eigenvalue weighted by molar-refractivity contribution is 6.30. The van der Waals surface area contributed by atoms with Crippen LogP contribution in [0.3, 0.4) is 0 Å². The highest BCUT2D eigenvalue weighted by atomic mass is 35.5. The first-order valence-corrected chi connectivity index (χ1v) is 6.42. The second kappa shape index (κ2) is 6.24. The van der Waals surface area contributed by atoms with Crippen LogP contribution in [0.4, 0.5) is 17.6 Å². The molecule has 0 spiro atoms. The highest BCUT2D eigenvalue weighted by Gasteiger charge is 2.01. The van der Waals surface area contributed by atoms with Crippen molar-refractivity contribution in [1.29, 1.82) is 0 Å². The minimum atomic E-state index is 0.247. The Morgan fingerprint density at radius 2 is 1.74 bits per heavy atom. The molecule has 2 rings (SSSR count). The molecule has 0 aliphatic heterocycles. The largest absolute Gasteiger partial charge is 0.370 e. The average Bonchev–Trinajstić information content (AvgIpc) is 2.38. The standard InChI is InChI=1S/C13H16ClN5/c1-2-16-11-7-12(19-13(15)18-11)17-8-9-3-5-10(14)6-4-9/h3-7H,2,8H2,1H3,(H4,15,16,17,18,19). The third kappa shape index (κ3) is 3.99. The Morgan fingerprint density at radius 1 is 1.11 bits per heavy atom. The molecular formula is C13H16ClN5. The van der Waals surface area contributed by atoms with Gasteiger partial charge in [-0.2, -0.15) is 9.97 Å². The fourth-order valence-corrected chi connectivity index (χ4v) is 1.75. The molecule has 19 heavy (non-hydrogen) atoms. The lowest BCUT2D eigenvalue weighted by molar-refractivity contribution is 1.08.